The van der Waals surface area contributed by atoms with Gasteiger partial charge < -0.3 is 5.11 Å². The number of halogens is 3. The summed E-state index contributed by atoms with van der Waals surface area (Å²) >= 11 is 15.5. The lowest BCUT2D eigenvalue weighted by atomic mass is 9.85. The van der Waals surface area contributed by atoms with E-state index in [1.54, 1.807) is 6.92 Å². The van der Waals surface area contributed by atoms with Gasteiger partial charge in [-0.1, -0.05) is 51.3 Å². The standard InChI is InChI=1S/C18H18BrCl2NO3S/c1-12-10-17(16(21)11-15(12)20)26(24,25)22-8-6-18(23,7-9-22)13-2-4-14(19)5-3-13/h2-5,10-11,23H,6-9H2,1H3. The van der Waals surface area contributed by atoms with Crippen LogP contribution in [0.3, 0.4) is 0 Å². The highest BCUT2D eigenvalue weighted by Crippen LogP contribution is 2.37. The summed E-state index contributed by atoms with van der Waals surface area (Å²) in [5, 5.41) is 11.5. The number of aliphatic hydroxyl groups is 1. The van der Waals surface area contributed by atoms with E-state index >= 15 is 0 Å². The molecule has 140 valence electrons. The van der Waals surface area contributed by atoms with Gasteiger partial charge in [0.05, 0.1) is 10.6 Å². The van der Waals surface area contributed by atoms with Crippen LogP contribution < -0.4 is 0 Å². The fourth-order valence-electron chi connectivity index (χ4n) is 3.11. The van der Waals surface area contributed by atoms with Crippen LogP contribution in [-0.2, 0) is 15.6 Å². The van der Waals surface area contributed by atoms with E-state index in [9.17, 15) is 13.5 Å². The summed E-state index contributed by atoms with van der Waals surface area (Å²) in [6.07, 6.45) is 0.635. The highest BCUT2D eigenvalue weighted by molar-refractivity contribution is 9.10. The first-order chi connectivity index (χ1) is 12.1. The molecule has 2 aromatic carbocycles. The van der Waals surface area contributed by atoms with Crippen molar-refractivity contribution in [1.29, 1.82) is 0 Å². The van der Waals surface area contributed by atoms with Gasteiger partial charge in [-0.2, -0.15) is 4.31 Å². The van der Waals surface area contributed by atoms with E-state index in [4.69, 9.17) is 23.2 Å². The summed E-state index contributed by atoms with van der Waals surface area (Å²) in [7, 11) is -3.75. The van der Waals surface area contributed by atoms with Crippen LogP contribution in [-0.4, -0.2) is 30.9 Å². The van der Waals surface area contributed by atoms with Crippen molar-refractivity contribution in [2.24, 2.45) is 0 Å². The lowest BCUT2D eigenvalue weighted by Crippen LogP contribution is -2.45. The van der Waals surface area contributed by atoms with Gasteiger partial charge in [-0.25, -0.2) is 8.42 Å². The molecule has 0 radical (unpaired) electrons. The zero-order valence-electron chi connectivity index (χ0n) is 14.0. The van der Waals surface area contributed by atoms with Gasteiger partial charge in [0.25, 0.3) is 0 Å². The predicted molar refractivity (Wildman–Crippen MR) is 107 cm³/mol. The third-order valence-electron chi connectivity index (χ3n) is 4.76. The predicted octanol–water partition coefficient (Wildman–Crippen LogP) is 4.74. The van der Waals surface area contributed by atoms with Crippen molar-refractivity contribution in [2.45, 2.75) is 30.3 Å². The second-order valence-electron chi connectivity index (χ2n) is 6.47. The molecule has 0 saturated carbocycles. The second-order valence-corrected chi connectivity index (χ2v) is 10.1. The Bertz CT molecular complexity index is 924. The summed E-state index contributed by atoms with van der Waals surface area (Å²) in [6, 6.07) is 10.4. The molecule has 0 atom stereocenters. The Balaban J connectivity index is 1.83. The lowest BCUT2D eigenvalue weighted by molar-refractivity contribution is -0.00962. The third-order valence-corrected chi connectivity index (χ3v) is 8.06. The summed E-state index contributed by atoms with van der Waals surface area (Å²) in [4.78, 5) is 0.0511. The monoisotopic (exact) mass is 477 g/mol. The number of hydrogen-bond acceptors (Lipinski definition) is 3. The van der Waals surface area contributed by atoms with E-state index in [-0.39, 0.29) is 23.0 Å². The molecule has 1 saturated heterocycles. The summed E-state index contributed by atoms with van der Waals surface area (Å²) in [6.45, 7) is 2.17. The zero-order chi connectivity index (χ0) is 19.1. The molecule has 1 aliphatic heterocycles. The molecule has 2 aromatic rings. The maximum atomic E-state index is 13.0. The van der Waals surface area contributed by atoms with Crippen LogP contribution in [0.5, 0.6) is 0 Å². The number of hydrogen-bond donors (Lipinski definition) is 1. The summed E-state index contributed by atoms with van der Waals surface area (Å²) < 4.78 is 28.2. The van der Waals surface area contributed by atoms with Crippen LogP contribution in [0.25, 0.3) is 0 Å². The minimum atomic E-state index is -3.75. The lowest BCUT2D eigenvalue weighted by Gasteiger charge is -2.38. The smallest absolute Gasteiger partial charge is 0.244 e. The highest BCUT2D eigenvalue weighted by Gasteiger charge is 2.38. The fraction of sp³-hybridized carbons (Fsp3) is 0.333. The Hall–Kier alpha value is -0.630. The van der Waals surface area contributed by atoms with Crippen LogP contribution in [0.15, 0.2) is 45.8 Å². The van der Waals surface area contributed by atoms with E-state index in [1.165, 1.54) is 16.4 Å². The van der Waals surface area contributed by atoms with Gasteiger partial charge in [0.2, 0.25) is 10.0 Å². The Labute approximate surface area is 171 Å². The first-order valence-corrected chi connectivity index (χ1v) is 11.1. The van der Waals surface area contributed by atoms with Crippen molar-refractivity contribution >= 4 is 49.2 Å². The molecule has 0 amide bonds. The van der Waals surface area contributed by atoms with E-state index < -0.39 is 15.6 Å². The van der Waals surface area contributed by atoms with Crippen molar-refractivity contribution in [2.75, 3.05) is 13.1 Å². The van der Waals surface area contributed by atoms with Gasteiger partial charge in [0.15, 0.2) is 0 Å². The molecule has 1 N–H and O–H groups in total. The third kappa shape index (κ3) is 3.81. The Kier molecular flexibility index (Phi) is 5.74. The van der Waals surface area contributed by atoms with Gasteiger partial charge in [-0.05, 0) is 55.2 Å². The SMILES string of the molecule is Cc1cc(S(=O)(=O)N2CCC(O)(c3ccc(Br)cc3)CC2)c(Cl)cc1Cl. The normalized spacial score (nSPS) is 18.0. The topological polar surface area (TPSA) is 57.6 Å². The van der Waals surface area contributed by atoms with Gasteiger partial charge in [-0.3, -0.25) is 0 Å². The Morgan fingerprint density at radius 3 is 2.23 bits per heavy atom. The summed E-state index contributed by atoms with van der Waals surface area (Å²) in [5.74, 6) is 0. The first-order valence-electron chi connectivity index (χ1n) is 8.08. The molecule has 1 aliphatic rings. The molecular weight excluding hydrogens is 461 g/mol. The Morgan fingerprint density at radius 1 is 1.08 bits per heavy atom. The van der Waals surface area contributed by atoms with Crippen LogP contribution in [0.1, 0.15) is 24.0 Å². The van der Waals surface area contributed by atoms with E-state index in [0.717, 1.165) is 10.0 Å². The van der Waals surface area contributed by atoms with Crippen LogP contribution in [0.2, 0.25) is 10.0 Å². The van der Waals surface area contributed by atoms with Crippen molar-refractivity contribution in [3.8, 4) is 0 Å². The molecule has 3 rings (SSSR count). The maximum absolute atomic E-state index is 13.0. The van der Waals surface area contributed by atoms with Gasteiger partial charge in [0, 0.05) is 22.6 Å². The van der Waals surface area contributed by atoms with Crippen LogP contribution >= 0.6 is 39.1 Å². The van der Waals surface area contributed by atoms with E-state index in [2.05, 4.69) is 15.9 Å². The minimum Gasteiger partial charge on any atom is -0.385 e. The number of benzene rings is 2. The van der Waals surface area contributed by atoms with E-state index in [1.807, 2.05) is 24.3 Å². The largest absolute Gasteiger partial charge is 0.385 e. The van der Waals surface area contributed by atoms with Crippen molar-refractivity contribution < 1.29 is 13.5 Å². The molecule has 0 spiro atoms. The molecular formula is C18H18BrCl2NO3S. The molecule has 4 nitrogen and oxygen atoms in total. The average molecular weight is 479 g/mol. The molecule has 1 fully saturated rings. The molecule has 0 unspecified atom stereocenters. The minimum absolute atomic E-state index is 0.0511. The van der Waals surface area contributed by atoms with Crippen LogP contribution in [0, 0.1) is 6.92 Å². The number of sulfonamides is 1. The van der Waals surface area contributed by atoms with Gasteiger partial charge >= 0.3 is 0 Å². The molecule has 0 aliphatic carbocycles. The van der Waals surface area contributed by atoms with Crippen molar-refractivity contribution in [3.63, 3.8) is 0 Å². The molecule has 26 heavy (non-hydrogen) atoms. The Morgan fingerprint density at radius 2 is 1.65 bits per heavy atom. The number of nitrogens with zero attached hydrogens (tertiary/aromatic N) is 1. The van der Waals surface area contributed by atoms with Crippen molar-refractivity contribution in [1.82, 2.24) is 4.31 Å². The molecule has 1 heterocycles. The van der Waals surface area contributed by atoms with Crippen LogP contribution in [0.4, 0.5) is 0 Å². The fourth-order valence-corrected chi connectivity index (χ4v) is 5.63. The number of aryl methyl sites for hydroxylation is 1. The van der Waals surface area contributed by atoms with E-state index in [0.29, 0.717) is 23.4 Å². The first kappa shape index (κ1) is 20.1. The second kappa shape index (κ2) is 7.41. The zero-order valence-corrected chi connectivity index (χ0v) is 18.0. The quantitative estimate of drug-likeness (QED) is 0.693. The maximum Gasteiger partial charge on any atom is 0.244 e. The average Bonchev–Trinajstić information content (AvgIpc) is 2.59. The number of piperidine rings is 1. The van der Waals surface area contributed by atoms with Gasteiger partial charge in [-0.15, -0.1) is 0 Å². The highest BCUT2D eigenvalue weighted by atomic mass is 79.9. The van der Waals surface area contributed by atoms with Crippen molar-refractivity contribution in [3.05, 3.63) is 62.0 Å². The van der Waals surface area contributed by atoms with Gasteiger partial charge in [0.1, 0.15) is 4.90 Å². The molecule has 0 aromatic heterocycles. The summed E-state index contributed by atoms with van der Waals surface area (Å²) in [5.41, 5.74) is 0.406. The molecule has 0 bridgehead atoms. The molecule has 8 heteroatoms. The number of rotatable bonds is 3.